The smallest absolute Gasteiger partial charge is 0.299 e. The number of carbonyl (C=O) groups excluding carboxylic acids is 1. The van der Waals surface area contributed by atoms with Gasteiger partial charge < -0.3 is 0 Å². The van der Waals surface area contributed by atoms with Crippen molar-refractivity contribution in [1.82, 2.24) is 4.98 Å². The SMILES string of the molecule is Cc1ccc(-c2csc(NC(=O)Nc3cccs3)n2)cc1. The molecule has 0 aliphatic heterocycles. The fraction of sp³-hybridized carbons (Fsp3) is 0.0667. The summed E-state index contributed by atoms with van der Waals surface area (Å²) in [5.41, 5.74) is 3.12. The molecule has 0 saturated carbocycles. The second-order valence-corrected chi connectivity index (χ2v) is 6.27. The zero-order valence-electron chi connectivity index (χ0n) is 11.3. The van der Waals surface area contributed by atoms with Crippen molar-refractivity contribution in [3.8, 4) is 11.3 Å². The number of aromatic nitrogens is 1. The summed E-state index contributed by atoms with van der Waals surface area (Å²) < 4.78 is 0. The number of nitrogens with one attached hydrogen (secondary N) is 2. The average molecular weight is 315 g/mol. The first-order valence-electron chi connectivity index (χ1n) is 6.35. The Morgan fingerprint density at radius 3 is 2.62 bits per heavy atom. The maximum atomic E-state index is 11.8. The van der Waals surface area contributed by atoms with Crippen LogP contribution in [-0.4, -0.2) is 11.0 Å². The predicted molar refractivity (Wildman–Crippen MR) is 89.2 cm³/mol. The average Bonchev–Trinajstić information content (AvgIpc) is 3.11. The molecule has 6 heteroatoms. The molecule has 3 aromatic rings. The summed E-state index contributed by atoms with van der Waals surface area (Å²) in [6.45, 7) is 2.05. The molecular weight excluding hydrogens is 302 g/mol. The molecule has 2 amide bonds. The lowest BCUT2D eigenvalue weighted by Crippen LogP contribution is -2.18. The van der Waals surface area contributed by atoms with Gasteiger partial charge in [0, 0.05) is 10.9 Å². The molecule has 0 spiro atoms. The summed E-state index contributed by atoms with van der Waals surface area (Å²) in [5, 5.41) is 10.7. The minimum atomic E-state index is -0.276. The van der Waals surface area contributed by atoms with Crippen molar-refractivity contribution < 1.29 is 4.79 Å². The highest BCUT2D eigenvalue weighted by Crippen LogP contribution is 2.25. The summed E-state index contributed by atoms with van der Waals surface area (Å²) in [5.74, 6) is 0. The minimum Gasteiger partial charge on any atom is -0.299 e. The molecule has 0 saturated heterocycles. The van der Waals surface area contributed by atoms with Gasteiger partial charge in [-0.25, -0.2) is 9.78 Å². The van der Waals surface area contributed by atoms with E-state index in [4.69, 9.17) is 0 Å². The second kappa shape index (κ2) is 6.07. The Bertz CT molecular complexity index is 733. The van der Waals surface area contributed by atoms with E-state index in [0.29, 0.717) is 5.13 Å². The van der Waals surface area contributed by atoms with Crippen LogP contribution >= 0.6 is 22.7 Å². The Hall–Kier alpha value is -2.18. The zero-order valence-corrected chi connectivity index (χ0v) is 12.9. The Balaban J connectivity index is 1.67. The number of hydrogen-bond acceptors (Lipinski definition) is 4. The number of hydrogen-bond donors (Lipinski definition) is 2. The zero-order chi connectivity index (χ0) is 14.7. The Labute approximate surface area is 130 Å². The van der Waals surface area contributed by atoms with Gasteiger partial charge in [0.25, 0.3) is 0 Å². The van der Waals surface area contributed by atoms with Gasteiger partial charge in [0.05, 0.1) is 10.7 Å². The molecule has 4 nitrogen and oxygen atoms in total. The molecule has 0 atom stereocenters. The van der Waals surface area contributed by atoms with E-state index in [1.807, 2.05) is 54.1 Å². The standard InChI is InChI=1S/C15H13N3OS2/c1-10-4-6-11(7-5-10)12-9-21-15(16-12)18-14(19)17-13-3-2-8-20-13/h2-9H,1H3,(H2,16,17,18,19). The molecule has 0 unspecified atom stereocenters. The van der Waals surface area contributed by atoms with E-state index in [1.54, 1.807) is 0 Å². The fourth-order valence-electron chi connectivity index (χ4n) is 1.78. The third-order valence-corrected chi connectivity index (χ3v) is 4.37. The van der Waals surface area contributed by atoms with E-state index in [-0.39, 0.29) is 6.03 Å². The van der Waals surface area contributed by atoms with Crippen LogP contribution < -0.4 is 10.6 Å². The molecule has 2 aromatic heterocycles. The first-order valence-corrected chi connectivity index (χ1v) is 8.11. The maximum Gasteiger partial charge on any atom is 0.326 e. The molecule has 1 aromatic carbocycles. The van der Waals surface area contributed by atoms with Crippen LogP contribution in [0, 0.1) is 6.92 Å². The van der Waals surface area contributed by atoms with E-state index in [9.17, 15) is 4.79 Å². The fourth-order valence-corrected chi connectivity index (χ4v) is 3.11. The summed E-state index contributed by atoms with van der Waals surface area (Å²) >= 11 is 2.89. The van der Waals surface area contributed by atoms with Gasteiger partial charge in [0.2, 0.25) is 0 Å². The van der Waals surface area contributed by atoms with Crippen molar-refractivity contribution in [1.29, 1.82) is 0 Å². The maximum absolute atomic E-state index is 11.8. The number of thiazole rings is 1. The monoisotopic (exact) mass is 315 g/mol. The van der Waals surface area contributed by atoms with Gasteiger partial charge in [-0.15, -0.1) is 22.7 Å². The predicted octanol–water partition coefficient (Wildman–Crippen LogP) is 4.82. The molecular formula is C15H13N3OS2. The van der Waals surface area contributed by atoms with Crippen LogP contribution in [0.5, 0.6) is 0 Å². The first-order chi connectivity index (χ1) is 10.2. The number of anilines is 2. The number of aryl methyl sites for hydroxylation is 1. The first kappa shape index (κ1) is 13.8. The van der Waals surface area contributed by atoms with Gasteiger partial charge in [-0.2, -0.15) is 0 Å². The number of rotatable bonds is 3. The van der Waals surface area contributed by atoms with Crippen molar-refractivity contribution in [3.05, 3.63) is 52.7 Å². The Morgan fingerprint density at radius 1 is 1.10 bits per heavy atom. The molecule has 0 aliphatic carbocycles. The highest BCUT2D eigenvalue weighted by atomic mass is 32.1. The highest BCUT2D eigenvalue weighted by molar-refractivity contribution is 7.14. The molecule has 106 valence electrons. The van der Waals surface area contributed by atoms with Gasteiger partial charge in [-0.3, -0.25) is 10.6 Å². The largest absolute Gasteiger partial charge is 0.326 e. The van der Waals surface area contributed by atoms with Crippen molar-refractivity contribution in [2.75, 3.05) is 10.6 Å². The van der Waals surface area contributed by atoms with Gasteiger partial charge in [0.1, 0.15) is 0 Å². The van der Waals surface area contributed by atoms with Crippen LogP contribution in [0.3, 0.4) is 0 Å². The summed E-state index contributed by atoms with van der Waals surface area (Å²) in [6, 6.07) is 11.6. The lowest BCUT2D eigenvalue weighted by molar-refractivity contribution is 0.262. The normalized spacial score (nSPS) is 10.3. The summed E-state index contributed by atoms with van der Waals surface area (Å²) in [6.07, 6.45) is 0. The van der Waals surface area contributed by atoms with E-state index < -0.39 is 0 Å². The molecule has 0 radical (unpaired) electrons. The molecule has 0 fully saturated rings. The van der Waals surface area contributed by atoms with Gasteiger partial charge >= 0.3 is 6.03 Å². The molecule has 0 bridgehead atoms. The van der Waals surface area contributed by atoms with Crippen molar-refractivity contribution >= 4 is 38.8 Å². The third-order valence-electron chi connectivity index (χ3n) is 2.83. The van der Waals surface area contributed by atoms with E-state index in [2.05, 4.69) is 15.6 Å². The number of benzene rings is 1. The van der Waals surface area contributed by atoms with Crippen LogP contribution in [0.2, 0.25) is 0 Å². The lowest BCUT2D eigenvalue weighted by atomic mass is 10.1. The number of amides is 2. The molecule has 21 heavy (non-hydrogen) atoms. The van der Waals surface area contributed by atoms with Crippen LogP contribution in [0.1, 0.15) is 5.56 Å². The molecule has 2 N–H and O–H groups in total. The molecule has 3 rings (SSSR count). The number of carbonyl (C=O) groups is 1. The third kappa shape index (κ3) is 3.48. The molecule has 2 heterocycles. The molecule has 0 aliphatic rings. The van der Waals surface area contributed by atoms with Gasteiger partial charge in [0.15, 0.2) is 5.13 Å². The van der Waals surface area contributed by atoms with Crippen molar-refractivity contribution in [3.63, 3.8) is 0 Å². The summed E-state index contributed by atoms with van der Waals surface area (Å²) in [4.78, 5) is 16.3. The van der Waals surface area contributed by atoms with Crippen LogP contribution in [0.15, 0.2) is 47.2 Å². The number of thiophene rings is 1. The van der Waals surface area contributed by atoms with E-state index >= 15 is 0 Å². The van der Waals surface area contributed by atoms with E-state index in [0.717, 1.165) is 16.3 Å². The lowest BCUT2D eigenvalue weighted by Gasteiger charge is -2.02. The quantitative estimate of drug-likeness (QED) is 0.727. The van der Waals surface area contributed by atoms with Crippen LogP contribution in [-0.2, 0) is 0 Å². The summed E-state index contributed by atoms with van der Waals surface area (Å²) in [7, 11) is 0. The van der Waals surface area contributed by atoms with Crippen LogP contribution in [0.4, 0.5) is 14.9 Å². The Kier molecular flexibility index (Phi) is 3.98. The van der Waals surface area contributed by atoms with Crippen LogP contribution in [0.25, 0.3) is 11.3 Å². The topological polar surface area (TPSA) is 54.0 Å². The highest BCUT2D eigenvalue weighted by Gasteiger charge is 2.08. The number of nitrogens with zero attached hydrogens (tertiary/aromatic N) is 1. The van der Waals surface area contributed by atoms with Crippen molar-refractivity contribution in [2.24, 2.45) is 0 Å². The Morgan fingerprint density at radius 2 is 1.90 bits per heavy atom. The van der Waals surface area contributed by atoms with Crippen molar-refractivity contribution in [2.45, 2.75) is 6.92 Å². The van der Waals surface area contributed by atoms with Gasteiger partial charge in [-0.1, -0.05) is 29.8 Å². The minimum absolute atomic E-state index is 0.276. The van der Waals surface area contributed by atoms with Gasteiger partial charge in [-0.05, 0) is 24.4 Å². The van der Waals surface area contributed by atoms with E-state index in [1.165, 1.54) is 28.2 Å². The second-order valence-electron chi connectivity index (χ2n) is 4.46. The number of urea groups is 1.